The number of anilines is 3. The van der Waals surface area contributed by atoms with E-state index in [1.807, 2.05) is 12.1 Å². The number of benzene rings is 1. The maximum Gasteiger partial charge on any atom is 0.251 e. The number of aliphatic hydroxyl groups excluding tert-OH is 1. The molecule has 44 heavy (non-hydrogen) atoms. The average Bonchev–Trinajstić information content (AvgIpc) is 3.02. The number of rotatable bonds is 8. The second-order valence-corrected chi connectivity index (χ2v) is 11.1. The van der Waals surface area contributed by atoms with Crippen LogP contribution in [0.3, 0.4) is 0 Å². The van der Waals surface area contributed by atoms with Crippen LogP contribution in [0.25, 0.3) is 11.4 Å². The maximum atomic E-state index is 14.9. The van der Waals surface area contributed by atoms with Gasteiger partial charge in [-0.2, -0.15) is 10.2 Å². The molecule has 0 aliphatic carbocycles. The van der Waals surface area contributed by atoms with E-state index in [0.717, 1.165) is 50.9 Å². The molecule has 1 aromatic carbocycles. The number of alkyl halides is 1. The van der Waals surface area contributed by atoms with Crippen LogP contribution in [0.5, 0.6) is 5.75 Å². The molecule has 2 N–H and O–H groups in total. The number of amides is 1. The summed E-state index contributed by atoms with van der Waals surface area (Å²) in [6.07, 6.45) is -0.121. The molecule has 0 bridgehead atoms. The molecule has 13 nitrogen and oxygen atoms in total. The highest BCUT2D eigenvalue weighted by Crippen LogP contribution is 2.29. The van der Waals surface area contributed by atoms with E-state index < -0.39 is 24.3 Å². The average molecular weight is 604 g/mol. The molecule has 1 unspecified atom stereocenters. The summed E-state index contributed by atoms with van der Waals surface area (Å²) < 4.78 is 26.0. The second kappa shape index (κ2) is 13.0. The number of ether oxygens (including phenoxy) is 2. The van der Waals surface area contributed by atoms with Crippen molar-refractivity contribution in [3.05, 3.63) is 48.4 Å². The van der Waals surface area contributed by atoms with Gasteiger partial charge in [-0.05, 0) is 37.3 Å². The summed E-state index contributed by atoms with van der Waals surface area (Å²) in [4.78, 5) is 35.7. The van der Waals surface area contributed by atoms with Gasteiger partial charge >= 0.3 is 0 Å². The number of likely N-dealkylation sites (tertiary alicyclic amines) is 1. The van der Waals surface area contributed by atoms with E-state index in [1.165, 1.54) is 18.2 Å². The zero-order valence-corrected chi connectivity index (χ0v) is 24.3. The van der Waals surface area contributed by atoms with E-state index in [0.29, 0.717) is 23.4 Å². The van der Waals surface area contributed by atoms with Crippen LogP contribution >= 0.6 is 0 Å². The van der Waals surface area contributed by atoms with Gasteiger partial charge in [-0.25, -0.2) is 19.3 Å². The normalized spacial score (nSPS) is 21.7. The Morgan fingerprint density at radius 1 is 1.16 bits per heavy atom. The number of nitrogens with one attached hydrogen (secondary N) is 1. The molecule has 3 atom stereocenters. The van der Waals surface area contributed by atoms with E-state index >= 15 is 0 Å². The van der Waals surface area contributed by atoms with Gasteiger partial charge in [0, 0.05) is 44.7 Å². The van der Waals surface area contributed by atoms with Gasteiger partial charge in [0.05, 0.1) is 43.2 Å². The quantitative estimate of drug-likeness (QED) is 0.386. The fourth-order valence-corrected chi connectivity index (χ4v) is 5.52. The predicted molar refractivity (Wildman–Crippen MR) is 158 cm³/mol. The largest absolute Gasteiger partial charge is 0.486 e. The van der Waals surface area contributed by atoms with Gasteiger partial charge in [-0.15, -0.1) is 0 Å². The number of nitrogens with zero attached hydrogens (tertiary/aromatic N) is 8. The Kier molecular flexibility index (Phi) is 8.78. The predicted octanol–water partition coefficient (Wildman–Crippen LogP) is 1.77. The zero-order valence-electron chi connectivity index (χ0n) is 24.3. The van der Waals surface area contributed by atoms with E-state index in [9.17, 15) is 19.6 Å². The molecule has 0 radical (unpaired) electrons. The molecule has 5 heterocycles. The molecule has 0 spiro atoms. The number of pyridine rings is 1. The SMILES string of the molecule is C[C@H](O)C(=O)N1CCC(Oc2ccc(-c3ncnc(Nc4ccc(N5CCN(C6COC6)CC5)nc4)n3)cc2C#N)[C@H](F)C1. The molecule has 3 saturated heterocycles. The van der Waals surface area contributed by atoms with Crippen molar-refractivity contribution >= 4 is 23.4 Å². The van der Waals surface area contributed by atoms with Crippen molar-refractivity contribution in [2.24, 2.45) is 0 Å². The number of carbonyl (C=O) groups excluding carboxylic acids is 1. The zero-order chi connectivity index (χ0) is 30.6. The van der Waals surface area contributed by atoms with Crippen molar-refractivity contribution in [3.8, 4) is 23.2 Å². The Hall–Kier alpha value is -4.45. The number of halogens is 1. The van der Waals surface area contributed by atoms with Crippen molar-refractivity contribution in [1.29, 1.82) is 5.26 Å². The minimum Gasteiger partial charge on any atom is -0.486 e. The second-order valence-electron chi connectivity index (χ2n) is 11.1. The Bertz CT molecular complexity index is 1510. The lowest BCUT2D eigenvalue weighted by atomic mass is 10.0. The van der Waals surface area contributed by atoms with Crippen molar-refractivity contribution in [2.45, 2.75) is 37.8 Å². The van der Waals surface area contributed by atoms with E-state index in [2.05, 4.69) is 41.1 Å². The van der Waals surface area contributed by atoms with Gasteiger partial charge in [0.25, 0.3) is 5.91 Å². The first kappa shape index (κ1) is 29.6. The lowest BCUT2D eigenvalue weighted by molar-refractivity contribution is -0.143. The molecule has 3 aliphatic heterocycles. The van der Waals surface area contributed by atoms with Crippen molar-refractivity contribution in [2.75, 3.05) is 62.7 Å². The van der Waals surface area contributed by atoms with Crippen LogP contribution in [0.2, 0.25) is 0 Å². The number of hydrogen-bond acceptors (Lipinski definition) is 12. The van der Waals surface area contributed by atoms with Crippen LogP contribution in [0.1, 0.15) is 18.9 Å². The van der Waals surface area contributed by atoms with E-state index in [-0.39, 0.29) is 30.8 Å². The molecule has 6 rings (SSSR count). The molecular formula is C30H34FN9O4. The topological polar surface area (TPSA) is 153 Å². The number of piperidine rings is 1. The summed E-state index contributed by atoms with van der Waals surface area (Å²) in [6.45, 7) is 6.90. The molecular weight excluding hydrogens is 569 g/mol. The number of hydrogen-bond donors (Lipinski definition) is 2. The lowest BCUT2D eigenvalue weighted by Gasteiger charge is -2.42. The molecule has 2 aromatic heterocycles. The number of aliphatic hydroxyl groups is 1. The molecule has 230 valence electrons. The minimum absolute atomic E-state index is 0.180. The van der Waals surface area contributed by atoms with Crippen LogP contribution in [0, 0.1) is 11.3 Å². The number of nitriles is 1. The van der Waals surface area contributed by atoms with E-state index in [1.54, 1.807) is 24.4 Å². The number of carbonyl (C=O) groups is 1. The maximum absolute atomic E-state index is 14.9. The minimum atomic E-state index is -1.46. The summed E-state index contributed by atoms with van der Waals surface area (Å²) in [5.41, 5.74) is 1.49. The fraction of sp³-hybridized carbons (Fsp3) is 0.467. The molecule has 1 amide bonds. The van der Waals surface area contributed by atoms with Gasteiger partial charge in [0.2, 0.25) is 5.95 Å². The smallest absolute Gasteiger partial charge is 0.251 e. The first-order chi connectivity index (χ1) is 21.4. The molecule has 3 aromatic rings. The van der Waals surface area contributed by atoms with Gasteiger partial charge < -0.3 is 29.7 Å². The van der Waals surface area contributed by atoms with Crippen LogP contribution in [0.15, 0.2) is 42.9 Å². The number of aromatic nitrogens is 4. The van der Waals surface area contributed by atoms with Gasteiger partial charge in [0.1, 0.15) is 36.2 Å². The Labute approximate surface area is 254 Å². The monoisotopic (exact) mass is 603 g/mol. The molecule has 3 fully saturated rings. The fourth-order valence-electron chi connectivity index (χ4n) is 5.52. The lowest BCUT2D eigenvalue weighted by Crippen LogP contribution is -2.56. The van der Waals surface area contributed by atoms with Crippen LogP contribution in [-0.4, -0.2) is 118 Å². The van der Waals surface area contributed by atoms with Crippen LogP contribution < -0.4 is 15.0 Å². The molecule has 3 aliphatic rings. The summed E-state index contributed by atoms with van der Waals surface area (Å²) in [6, 6.07) is 11.4. The Balaban J connectivity index is 1.07. The van der Waals surface area contributed by atoms with Crippen LogP contribution in [-0.2, 0) is 9.53 Å². The van der Waals surface area contributed by atoms with Crippen molar-refractivity contribution < 1.29 is 23.8 Å². The summed E-state index contributed by atoms with van der Waals surface area (Å²) in [7, 11) is 0. The third-order valence-electron chi connectivity index (χ3n) is 8.14. The highest BCUT2D eigenvalue weighted by Gasteiger charge is 2.34. The molecule has 0 saturated carbocycles. The Morgan fingerprint density at radius 2 is 1.98 bits per heavy atom. The Morgan fingerprint density at radius 3 is 2.64 bits per heavy atom. The number of piperazine rings is 1. The van der Waals surface area contributed by atoms with Gasteiger partial charge in [0.15, 0.2) is 12.0 Å². The summed E-state index contributed by atoms with van der Waals surface area (Å²) in [5.74, 6) is 1.30. The summed E-state index contributed by atoms with van der Waals surface area (Å²) in [5, 5.41) is 22.5. The molecule has 14 heteroatoms. The van der Waals surface area contributed by atoms with Gasteiger partial charge in [-0.3, -0.25) is 9.69 Å². The van der Waals surface area contributed by atoms with Gasteiger partial charge in [-0.1, -0.05) is 0 Å². The summed E-state index contributed by atoms with van der Waals surface area (Å²) >= 11 is 0. The van der Waals surface area contributed by atoms with E-state index in [4.69, 9.17) is 9.47 Å². The van der Waals surface area contributed by atoms with Crippen LogP contribution in [0.4, 0.5) is 21.8 Å². The highest BCUT2D eigenvalue weighted by atomic mass is 19.1. The standard InChI is InChI=1S/C30H34FN9O4/c1-19(41)29(42)40-7-6-26(24(31)15-40)44-25-4-2-20(12-21(25)13-32)28-34-18-35-30(37-28)36-22-3-5-27(33-14-22)39-10-8-38(9-11-39)23-16-43-17-23/h2-5,12,14,18-19,23-24,26,41H,6-11,15-17H2,1H3,(H,34,35,36,37)/t19-,24+,26?/m0/s1. The van der Waals surface area contributed by atoms with Crippen molar-refractivity contribution in [3.63, 3.8) is 0 Å². The third kappa shape index (κ3) is 6.54. The first-order valence-electron chi connectivity index (χ1n) is 14.7. The van der Waals surface area contributed by atoms with Crippen molar-refractivity contribution in [1.82, 2.24) is 29.7 Å². The third-order valence-corrected chi connectivity index (χ3v) is 8.14. The first-order valence-corrected chi connectivity index (χ1v) is 14.7. The highest BCUT2D eigenvalue weighted by molar-refractivity contribution is 5.80.